The zero-order chi connectivity index (χ0) is 32.1. The predicted molar refractivity (Wildman–Crippen MR) is 176 cm³/mol. The summed E-state index contributed by atoms with van der Waals surface area (Å²) in [6.07, 6.45) is 6.13. The number of alkyl carbamates (subject to hydrolysis) is 1. The molecule has 1 saturated carbocycles. The predicted octanol–water partition coefficient (Wildman–Crippen LogP) is 8.19. The Morgan fingerprint density at radius 2 is 1.47 bits per heavy atom. The molecular weight excluding hydrogens is 564 g/mol. The molecule has 3 aromatic rings. The van der Waals surface area contributed by atoms with E-state index in [-0.39, 0.29) is 30.2 Å². The number of rotatable bonds is 7. The number of benzene rings is 3. The molecule has 7 heteroatoms. The Balaban J connectivity index is 1.60. The molecule has 0 radical (unpaired) electrons. The van der Waals surface area contributed by atoms with Crippen molar-refractivity contribution in [3.8, 4) is 17.6 Å². The highest BCUT2D eigenvalue weighted by molar-refractivity contribution is 6.04. The highest BCUT2D eigenvalue weighted by Crippen LogP contribution is 2.29. The molecule has 0 heterocycles. The smallest absolute Gasteiger partial charge is 0.413 e. The van der Waals surface area contributed by atoms with Gasteiger partial charge in [-0.25, -0.2) is 4.79 Å². The van der Waals surface area contributed by atoms with Gasteiger partial charge in [0, 0.05) is 11.5 Å². The Kier molecular flexibility index (Phi) is 12.2. The van der Waals surface area contributed by atoms with E-state index in [9.17, 15) is 9.59 Å². The maximum absolute atomic E-state index is 13.4. The monoisotopic (exact) mass is 608 g/mol. The van der Waals surface area contributed by atoms with E-state index in [0.717, 1.165) is 56.1 Å². The van der Waals surface area contributed by atoms with Gasteiger partial charge in [-0.15, -0.1) is 0 Å². The van der Waals surface area contributed by atoms with E-state index < -0.39 is 11.7 Å². The van der Waals surface area contributed by atoms with Crippen LogP contribution in [-0.2, 0) is 27.5 Å². The van der Waals surface area contributed by atoms with Crippen molar-refractivity contribution in [2.75, 3.05) is 0 Å². The summed E-state index contributed by atoms with van der Waals surface area (Å²) in [4.78, 5) is 25.8. The van der Waals surface area contributed by atoms with Crippen LogP contribution in [0.15, 0.2) is 78.9 Å². The summed E-state index contributed by atoms with van der Waals surface area (Å²) in [6, 6.07) is 24.8. The van der Waals surface area contributed by atoms with Gasteiger partial charge in [0.1, 0.15) is 30.4 Å². The fourth-order valence-corrected chi connectivity index (χ4v) is 5.24. The first-order valence-corrected chi connectivity index (χ1v) is 15.8. The second-order valence-corrected chi connectivity index (χ2v) is 12.4. The first-order chi connectivity index (χ1) is 21.7. The first-order valence-electron chi connectivity index (χ1n) is 15.8. The Bertz CT molecular complexity index is 1490. The number of nitrogens with one attached hydrogen (secondary N) is 2. The largest absolute Gasteiger partial charge is 0.488 e. The van der Waals surface area contributed by atoms with E-state index in [1.807, 2.05) is 60.7 Å². The summed E-state index contributed by atoms with van der Waals surface area (Å²) in [6.45, 7) is 5.89. The van der Waals surface area contributed by atoms with Crippen molar-refractivity contribution in [1.29, 1.82) is 5.41 Å². The number of hydrogen-bond donors (Lipinski definition) is 2. The number of amides is 1. The lowest BCUT2D eigenvalue weighted by molar-refractivity contribution is -0.151. The van der Waals surface area contributed by atoms with Crippen molar-refractivity contribution < 1.29 is 23.8 Å². The molecule has 2 N–H and O–H groups in total. The topological polar surface area (TPSA) is 97.7 Å². The van der Waals surface area contributed by atoms with Gasteiger partial charge in [0.25, 0.3) is 0 Å². The van der Waals surface area contributed by atoms with Crippen LogP contribution in [0.1, 0.15) is 88.0 Å². The van der Waals surface area contributed by atoms with Gasteiger partial charge in [-0.2, -0.15) is 0 Å². The third kappa shape index (κ3) is 11.1. The minimum Gasteiger partial charge on any atom is -0.488 e. The van der Waals surface area contributed by atoms with Gasteiger partial charge in [0.15, 0.2) is 0 Å². The second-order valence-electron chi connectivity index (χ2n) is 12.4. The van der Waals surface area contributed by atoms with Crippen LogP contribution in [0.2, 0.25) is 0 Å². The number of esters is 1. The third-order valence-corrected chi connectivity index (χ3v) is 7.57. The molecule has 1 fully saturated rings. The molecule has 4 rings (SSSR count). The lowest BCUT2D eigenvalue weighted by Gasteiger charge is -2.21. The molecule has 1 aliphatic carbocycles. The van der Waals surface area contributed by atoms with E-state index in [1.54, 1.807) is 39.0 Å². The Hall–Kier alpha value is -4.57. The summed E-state index contributed by atoms with van der Waals surface area (Å²) in [5.74, 6) is 6.47. The summed E-state index contributed by atoms with van der Waals surface area (Å²) >= 11 is 0. The average molecular weight is 609 g/mol. The minimum absolute atomic E-state index is 0.105. The third-order valence-electron chi connectivity index (χ3n) is 7.57. The van der Waals surface area contributed by atoms with Crippen LogP contribution in [-0.4, -0.2) is 23.5 Å². The zero-order valence-corrected chi connectivity index (χ0v) is 26.6. The maximum Gasteiger partial charge on any atom is 0.413 e. The molecule has 0 aliphatic heterocycles. The molecule has 0 aromatic heterocycles. The molecule has 45 heavy (non-hydrogen) atoms. The lowest BCUT2D eigenvalue weighted by Crippen LogP contribution is -2.36. The Morgan fingerprint density at radius 3 is 2.13 bits per heavy atom. The molecule has 0 spiro atoms. The van der Waals surface area contributed by atoms with Crippen molar-refractivity contribution in [3.05, 3.63) is 101 Å². The molecule has 0 bridgehead atoms. The Morgan fingerprint density at radius 1 is 0.844 bits per heavy atom. The molecule has 236 valence electrons. The summed E-state index contributed by atoms with van der Waals surface area (Å²) < 4.78 is 17.3. The van der Waals surface area contributed by atoms with Gasteiger partial charge < -0.3 is 14.2 Å². The van der Waals surface area contributed by atoms with Crippen molar-refractivity contribution in [1.82, 2.24) is 5.32 Å². The standard InChI is InChI=1S/C38H44N2O5/c1-38(2,3)45-37(42)40-35(39)32-23-24-34(43-26-28-15-9-7-10-16-28)31(25-32)22-21-30-19-13-5-4-6-14-20-33(30)36(41)44-27-29-17-11-8-12-18-29/h7-12,15-18,23-25,30,33H,4-6,13-14,19-20,26-27H2,1-3H3,(H2,39,40,42). The molecule has 0 saturated heterocycles. The molecule has 1 amide bonds. The lowest BCUT2D eigenvalue weighted by atomic mass is 9.85. The SMILES string of the molecule is CC(C)(C)OC(=O)NC(=N)c1ccc(OCc2ccccc2)c(C#CC2CCCCCCCC2C(=O)OCc2ccccc2)c1. The molecular formula is C38H44N2O5. The van der Waals surface area contributed by atoms with Gasteiger partial charge in [-0.05, 0) is 62.9 Å². The van der Waals surface area contributed by atoms with E-state index >= 15 is 0 Å². The van der Waals surface area contributed by atoms with Gasteiger partial charge >= 0.3 is 12.1 Å². The number of amidine groups is 1. The van der Waals surface area contributed by atoms with Crippen molar-refractivity contribution in [2.45, 2.75) is 84.5 Å². The van der Waals surface area contributed by atoms with Crippen LogP contribution in [0.25, 0.3) is 0 Å². The Labute approximate surface area is 267 Å². The quantitative estimate of drug-likeness (QED) is 0.122. The van der Waals surface area contributed by atoms with Crippen LogP contribution in [0, 0.1) is 29.1 Å². The minimum atomic E-state index is -0.702. The molecule has 7 nitrogen and oxygen atoms in total. The number of hydrogen-bond acceptors (Lipinski definition) is 6. The average Bonchev–Trinajstić information content (AvgIpc) is 3.14. The van der Waals surface area contributed by atoms with E-state index in [4.69, 9.17) is 19.6 Å². The van der Waals surface area contributed by atoms with Gasteiger partial charge in [-0.1, -0.05) is 105 Å². The number of ether oxygens (including phenoxy) is 3. The van der Waals surface area contributed by atoms with Crippen LogP contribution in [0.5, 0.6) is 5.75 Å². The highest BCUT2D eigenvalue weighted by Gasteiger charge is 2.29. The van der Waals surface area contributed by atoms with Crippen molar-refractivity contribution in [3.63, 3.8) is 0 Å². The van der Waals surface area contributed by atoms with Gasteiger partial charge in [-0.3, -0.25) is 15.5 Å². The summed E-state index contributed by atoms with van der Waals surface area (Å²) in [5, 5.41) is 11.0. The van der Waals surface area contributed by atoms with Crippen LogP contribution >= 0.6 is 0 Å². The summed E-state index contributed by atoms with van der Waals surface area (Å²) in [7, 11) is 0. The zero-order valence-electron chi connectivity index (χ0n) is 26.6. The summed E-state index contributed by atoms with van der Waals surface area (Å²) in [5.41, 5.74) is 2.32. The van der Waals surface area contributed by atoms with Gasteiger partial charge in [0.2, 0.25) is 0 Å². The fourth-order valence-electron chi connectivity index (χ4n) is 5.24. The second kappa shape index (κ2) is 16.5. The van der Waals surface area contributed by atoms with Crippen molar-refractivity contribution in [2.24, 2.45) is 11.8 Å². The molecule has 2 atom stereocenters. The van der Waals surface area contributed by atoms with Crippen molar-refractivity contribution >= 4 is 17.9 Å². The highest BCUT2D eigenvalue weighted by atomic mass is 16.6. The van der Waals surface area contributed by atoms with Crippen LogP contribution in [0.3, 0.4) is 0 Å². The van der Waals surface area contributed by atoms with Crippen LogP contribution < -0.4 is 10.1 Å². The van der Waals surface area contributed by atoms with E-state index in [0.29, 0.717) is 23.5 Å². The number of carbonyl (C=O) groups is 2. The number of carbonyl (C=O) groups excluding carboxylic acids is 2. The van der Waals surface area contributed by atoms with Crippen LogP contribution in [0.4, 0.5) is 4.79 Å². The molecule has 1 aliphatic rings. The normalized spacial score (nSPS) is 16.9. The fraction of sp³-hybridized carbons (Fsp3) is 0.395. The van der Waals surface area contributed by atoms with E-state index in [2.05, 4.69) is 17.2 Å². The molecule has 2 unspecified atom stereocenters. The van der Waals surface area contributed by atoms with Gasteiger partial charge in [0.05, 0.1) is 11.5 Å². The first kappa shape index (κ1) is 33.3. The maximum atomic E-state index is 13.4. The molecule has 3 aromatic carbocycles. The van der Waals surface area contributed by atoms with E-state index in [1.165, 1.54) is 0 Å².